The number of para-hydroxylation sites is 1. The van der Waals surface area contributed by atoms with Crippen molar-refractivity contribution < 1.29 is 9.21 Å². The number of hydrogen-bond acceptors (Lipinski definition) is 5. The lowest BCUT2D eigenvalue weighted by Crippen LogP contribution is -2.20. The summed E-state index contributed by atoms with van der Waals surface area (Å²) in [6, 6.07) is 27.2. The summed E-state index contributed by atoms with van der Waals surface area (Å²) in [7, 11) is 0. The number of benzene rings is 3. The summed E-state index contributed by atoms with van der Waals surface area (Å²) in [5, 5.41) is 3.87. The molecule has 0 atom stereocenters. The first-order chi connectivity index (χ1) is 16.1. The average Bonchev–Trinajstić information content (AvgIpc) is 3.19. The number of thiazole rings is 1. The lowest BCUT2D eigenvalue weighted by Gasteiger charge is -2.04. The van der Waals surface area contributed by atoms with Crippen LogP contribution in [0.4, 0.5) is 5.13 Å². The van der Waals surface area contributed by atoms with Crippen LogP contribution in [-0.2, 0) is 6.42 Å². The van der Waals surface area contributed by atoms with Crippen LogP contribution in [-0.4, -0.2) is 10.9 Å². The third-order valence-corrected chi connectivity index (χ3v) is 6.27. The maximum absolute atomic E-state index is 12.7. The number of nitrogens with zero attached hydrogens (tertiary/aromatic N) is 1. The van der Waals surface area contributed by atoms with Crippen LogP contribution in [0.15, 0.2) is 94.1 Å². The Morgan fingerprint density at radius 3 is 2.42 bits per heavy atom. The lowest BCUT2D eigenvalue weighted by atomic mass is 10.0. The van der Waals surface area contributed by atoms with Crippen LogP contribution in [0.2, 0.25) is 0 Å². The number of hydrogen-bond donors (Lipinski definition) is 1. The van der Waals surface area contributed by atoms with E-state index in [1.165, 1.54) is 22.5 Å². The molecule has 5 nitrogen and oxygen atoms in total. The first kappa shape index (κ1) is 20.8. The zero-order valence-electron chi connectivity index (χ0n) is 17.9. The molecule has 1 amide bonds. The molecule has 162 valence electrons. The van der Waals surface area contributed by atoms with Gasteiger partial charge < -0.3 is 4.42 Å². The summed E-state index contributed by atoms with van der Waals surface area (Å²) in [6.45, 7) is 1.96. The van der Waals surface area contributed by atoms with E-state index in [1.807, 2.05) is 43.3 Å². The quantitative estimate of drug-likeness (QED) is 0.329. The van der Waals surface area contributed by atoms with Gasteiger partial charge >= 0.3 is 5.63 Å². The monoisotopic (exact) mass is 452 g/mol. The van der Waals surface area contributed by atoms with Crippen molar-refractivity contribution >= 4 is 33.3 Å². The predicted octanol–water partition coefficient (Wildman–Crippen LogP) is 6.07. The van der Waals surface area contributed by atoms with E-state index in [1.54, 1.807) is 24.3 Å². The molecule has 0 unspecified atom stereocenters. The summed E-state index contributed by atoms with van der Waals surface area (Å²) in [5.74, 6) is -0.534. The smallest absolute Gasteiger partial charge is 0.349 e. The number of rotatable bonds is 5. The van der Waals surface area contributed by atoms with Crippen LogP contribution < -0.4 is 10.9 Å². The van der Waals surface area contributed by atoms with E-state index in [2.05, 4.69) is 34.6 Å². The minimum absolute atomic E-state index is 0.0478. The minimum Gasteiger partial charge on any atom is -0.422 e. The highest BCUT2D eigenvalue weighted by molar-refractivity contribution is 7.16. The van der Waals surface area contributed by atoms with Crippen molar-refractivity contribution in [3.8, 4) is 11.3 Å². The fourth-order valence-corrected chi connectivity index (χ4v) is 4.55. The van der Waals surface area contributed by atoms with Gasteiger partial charge in [-0.3, -0.25) is 10.1 Å². The number of anilines is 1. The minimum atomic E-state index is -0.672. The number of nitrogens with one attached hydrogen (secondary N) is 1. The second-order valence-electron chi connectivity index (χ2n) is 7.72. The van der Waals surface area contributed by atoms with Gasteiger partial charge in [-0.05, 0) is 36.6 Å². The Hall–Kier alpha value is -4.03. The standard InChI is InChI=1S/C27H20N2O3S/c1-17-24(20-13-11-19(12-14-20)15-18-7-3-2-4-8-18)28-27(33-17)29-25(30)22-16-21-9-5-6-10-23(21)32-26(22)31/h2-14,16H,15H2,1H3,(H,28,29,30). The maximum Gasteiger partial charge on any atom is 0.349 e. The fourth-order valence-electron chi connectivity index (χ4n) is 3.71. The summed E-state index contributed by atoms with van der Waals surface area (Å²) < 4.78 is 5.27. The zero-order chi connectivity index (χ0) is 22.8. The highest BCUT2D eigenvalue weighted by Gasteiger charge is 2.17. The molecule has 5 rings (SSSR count). The lowest BCUT2D eigenvalue weighted by molar-refractivity contribution is 0.102. The van der Waals surface area contributed by atoms with E-state index in [4.69, 9.17) is 4.42 Å². The molecule has 2 aromatic heterocycles. The van der Waals surface area contributed by atoms with Gasteiger partial charge in [-0.15, -0.1) is 11.3 Å². The molecule has 0 aliphatic heterocycles. The summed E-state index contributed by atoms with van der Waals surface area (Å²) in [5.41, 5.74) is 4.00. The molecule has 0 bridgehead atoms. The number of fused-ring (bicyclic) bond motifs is 1. The van der Waals surface area contributed by atoms with Gasteiger partial charge in [-0.1, -0.05) is 72.8 Å². The Bertz CT molecular complexity index is 1500. The summed E-state index contributed by atoms with van der Waals surface area (Å²) >= 11 is 1.37. The van der Waals surface area contributed by atoms with Gasteiger partial charge in [0.2, 0.25) is 0 Å². The third kappa shape index (κ3) is 4.47. The third-order valence-electron chi connectivity index (χ3n) is 5.38. The van der Waals surface area contributed by atoms with Crippen LogP contribution in [0, 0.1) is 6.92 Å². The molecule has 2 heterocycles. The molecule has 1 N–H and O–H groups in total. The van der Waals surface area contributed by atoms with E-state index in [-0.39, 0.29) is 5.56 Å². The van der Waals surface area contributed by atoms with Crippen LogP contribution in [0.25, 0.3) is 22.2 Å². The summed E-state index contributed by atoms with van der Waals surface area (Å²) in [6.07, 6.45) is 0.868. The number of aryl methyl sites for hydroxylation is 1. The van der Waals surface area contributed by atoms with E-state index in [0.29, 0.717) is 16.1 Å². The van der Waals surface area contributed by atoms with E-state index < -0.39 is 11.5 Å². The second-order valence-corrected chi connectivity index (χ2v) is 8.93. The van der Waals surface area contributed by atoms with Crippen molar-refractivity contribution in [2.24, 2.45) is 0 Å². The van der Waals surface area contributed by atoms with Gasteiger partial charge in [0.25, 0.3) is 5.91 Å². The molecular formula is C27H20N2O3S. The first-order valence-corrected chi connectivity index (χ1v) is 11.3. The Balaban J connectivity index is 1.35. The molecule has 0 aliphatic carbocycles. The van der Waals surface area contributed by atoms with Gasteiger partial charge in [0.15, 0.2) is 5.13 Å². The molecule has 0 radical (unpaired) electrons. The topological polar surface area (TPSA) is 72.2 Å². The Kier molecular flexibility index (Phi) is 5.59. The van der Waals surface area contributed by atoms with Crippen molar-refractivity contribution in [2.45, 2.75) is 13.3 Å². The number of amides is 1. The van der Waals surface area contributed by atoms with Crippen molar-refractivity contribution in [3.63, 3.8) is 0 Å². The number of carbonyl (C=O) groups is 1. The molecule has 6 heteroatoms. The molecule has 0 spiro atoms. The highest BCUT2D eigenvalue weighted by atomic mass is 32.1. The second kappa shape index (κ2) is 8.84. The molecular weight excluding hydrogens is 432 g/mol. The molecule has 0 aliphatic rings. The van der Waals surface area contributed by atoms with Crippen LogP contribution >= 0.6 is 11.3 Å². The van der Waals surface area contributed by atoms with Gasteiger partial charge in [-0.2, -0.15) is 0 Å². The molecule has 0 saturated carbocycles. The largest absolute Gasteiger partial charge is 0.422 e. The SMILES string of the molecule is Cc1sc(NC(=O)c2cc3ccccc3oc2=O)nc1-c1ccc(Cc2ccccc2)cc1. The van der Waals surface area contributed by atoms with Gasteiger partial charge in [-0.25, -0.2) is 9.78 Å². The maximum atomic E-state index is 12.7. The van der Waals surface area contributed by atoms with Crippen molar-refractivity contribution in [2.75, 3.05) is 5.32 Å². The Morgan fingerprint density at radius 2 is 1.64 bits per heavy atom. The van der Waals surface area contributed by atoms with Gasteiger partial charge in [0.05, 0.1) is 5.69 Å². The van der Waals surface area contributed by atoms with Crippen LogP contribution in [0.5, 0.6) is 0 Å². The van der Waals surface area contributed by atoms with E-state index >= 15 is 0 Å². The Morgan fingerprint density at radius 1 is 0.939 bits per heavy atom. The molecule has 0 fully saturated rings. The van der Waals surface area contributed by atoms with Gasteiger partial charge in [0, 0.05) is 15.8 Å². The van der Waals surface area contributed by atoms with Crippen molar-refractivity contribution in [1.29, 1.82) is 0 Å². The van der Waals surface area contributed by atoms with E-state index in [9.17, 15) is 9.59 Å². The zero-order valence-corrected chi connectivity index (χ0v) is 18.7. The van der Waals surface area contributed by atoms with Crippen molar-refractivity contribution in [3.05, 3.63) is 117 Å². The van der Waals surface area contributed by atoms with Gasteiger partial charge in [0.1, 0.15) is 11.1 Å². The van der Waals surface area contributed by atoms with Crippen molar-refractivity contribution in [1.82, 2.24) is 4.98 Å². The van der Waals surface area contributed by atoms with Crippen LogP contribution in [0.3, 0.4) is 0 Å². The fraction of sp³-hybridized carbons (Fsp3) is 0.0741. The molecule has 33 heavy (non-hydrogen) atoms. The predicted molar refractivity (Wildman–Crippen MR) is 132 cm³/mol. The number of carbonyl (C=O) groups excluding carboxylic acids is 1. The van der Waals surface area contributed by atoms with Crippen LogP contribution in [0.1, 0.15) is 26.4 Å². The summed E-state index contributed by atoms with van der Waals surface area (Å²) in [4.78, 5) is 30.6. The highest BCUT2D eigenvalue weighted by Crippen LogP contribution is 2.31. The molecule has 0 saturated heterocycles. The average molecular weight is 453 g/mol. The normalized spacial score (nSPS) is 10.9. The number of aromatic nitrogens is 1. The first-order valence-electron chi connectivity index (χ1n) is 10.5. The Labute approximate surface area is 194 Å². The molecule has 5 aromatic rings. The molecule has 3 aromatic carbocycles. The van der Waals surface area contributed by atoms with E-state index in [0.717, 1.165) is 22.6 Å².